The Morgan fingerprint density at radius 2 is 2.33 bits per heavy atom. The van der Waals surface area contributed by atoms with E-state index in [4.69, 9.17) is 16.9 Å². The van der Waals surface area contributed by atoms with Crippen LogP contribution in [0.2, 0.25) is 5.02 Å². The van der Waals surface area contributed by atoms with Gasteiger partial charge in [0.2, 0.25) is 0 Å². The van der Waals surface area contributed by atoms with Crippen molar-refractivity contribution in [2.75, 3.05) is 5.32 Å². The minimum atomic E-state index is -0.533. The SMILES string of the molecule is N#Cc1cnc(NC(=O)c2cc(Cl)ccc2O)s1. The molecule has 0 unspecified atom stereocenters. The first kappa shape index (κ1) is 12.4. The maximum Gasteiger partial charge on any atom is 0.261 e. The van der Waals surface area contributed by atoms with E-state index in [9.17, 15) is 9.90 Å². The third-order valence-corrected chi connectivity index (χ3v) is 3.09. The third kappa shape index (κ3) is 2.59. The second kappa shape index (κ2) is 5.04. The lowest BCUT2D eigenvalue weighted by atomic mass is 10.2. The normalized spacial score (nSPS) is 9.78. The Morgan fingerprint density at radius 3 is 3.00 bits per heavy atom. The van der Waals surface area contributed by atoms with Crippen molar-refractivity contribution in [2.24, 2.45) is 0 Å². The van der Waals surface area contributed by atoms with Crippen molar-refractivity contribution in [3.05, 3.63) is 39.9 Å². The molecular weight excluding hydrogens is 274 g/mol. The van der Waals surface area contributed by atoms with Crippen LogP contribution in [-0.2, 0) is 0 Å². The Kier molecular flexibility index (Phi) is 3.46. The molecule has 0 saturated carbocycles. The van der Waals surface area contributed by atoms with Gasteiger partial charge in [-0.1, -0.05) is 22.9 Å². The molecule has 1 heterocycles. The van der Waals surface area contributed by atoms with Crippen molar-refractivity contribution < 1.29 is 9.90 Å². The number of phenolic OH excluding ortho intramolecular Hbond substituents is 1. The number of nitriles is 1. The van der Waals surface area contributed by atoms with Gasteiger partial charge in [-0.2, -0.15) is 5.26 Å². The molecule has 0 saturated heterocycles. The number of rotatable bonds is 2. The number of aromatic nitrogens is 1. The summed E-state index contributed by atoms with van der Waals surface area (Å²) in [6, 6.07) is 6.08. The topological polar surface area (TPSA) is 86.0 Å². The van der Waals surface area contributed by atoms with Gasteiger partial charge in [0.05, 0.1) is 11.8 Å². The molecule has 0 fully saturated rings. The van der Waals surface area contributed by atoms with Gasteiger partial charge in [0, 0.05) is 5.02 Å². The lowest BCUT2D eigenvalue weighted by Crippen LogP contribution is -2.11. The first-order chi connectivity index (χ1) is 8.60. The van der Waals surface area contributed by atoms with Gasteiger partial charge in [0.25, 0.3) is 5.91 Å². The summed E-state index contributed by atoms with van der Waals surface area (Å²) >= 11 is 6.79. The summed E-state index contributed by atoms with van der Waals surface area (Å²) in [4.78, 5) is 16.1. The minimum absolute atomic E-state index is 0.0520. The van der Waals surface area contributed by atoms with Crippen molar-refractivity contribution >= 4 is 34.0 Å². The highest BCUT2D eigenvalue weighted by molar-refractivity contribution is 7.16. The summed E-state index contributed by atoms with van der Waals surface area (Å²) in [6.45, 7) is 0. The molecule has 0 spiro atoms. The van der Waals surface area contributed by atoms with E-state index in [1.165, 1.54) is 24.4 Å². The zero-order valence-corrected chi connectivity index (χ0v) is 10.4. The Labute approximate surface area is 111 Å². The smallest absolute Gasteiger partial charge is 0.261 e. The number of hydrogen-bond acceptors (Lipinski definition) is 5. The largest absolute Gasteiger partial charge is 0.507 e. The summed E-state index contributed by atoms with van der Waals surface area (Å²) in [6.07, 6.45) is 1.36. The van der Waals surface area contributed by atoms with Gasteiger partial charge < -0.3 is 5.11 Å². The molecule has 1 aromatic heterocycles. The van der Waals surface area contributed by atoms with Crippen LogP contribution in [0.1, 0.15) is 15.2 Å². The molecule has 2 N–H and O–H groups in total. The quantitative estimate of drug-likeness (QED) is 0.885. The van der Waals surface area contributed by atoms with Crippen molar-refractivity contribution in [3.8, 4) is 11.8 Å². The van der Waals surface area contributed by atoms with E-state index in [1.807, 2.05) is 6.07 Å². The molecule has 90 valence electrons. The molecule has 2 rings (SSSR count). The monoisotopic (exact) mass is 279 g/mol. The first-order valence-corrected chi connectivity index (χ1v) is 5.95. The third-order valence-electron chi connectivity index (χ3n) is 2.04. The van der Waals surface area contributed by atoms with E-state index in [2.05, 4.69) is 10.3 Å². The van der Waals surface area contributed by atoms with Crippen LogP contribution in [-0.4, -0.2) is 16.0 Å². The zero-order valence-electron chi connectivity index (χ0n) is 8.85. The second-order valence-electron chi connectivity index (χ2n) is 3.26. The molecule has 0 bridgehead atoms. The zero-order chi connectivity index (χ0) is 13.1. The molecule has 18 heavy (non-hydrogen) atoms. The standard InChI is InChI=1S/C11H6ClN3O2S/c12-6-1-2-9(16)8(3-6)10(17)15-11-14-5-7(4-13)18-11/h1-3,5,16H,(H,14,15,17). The summed E-state index contributed by atoms with van der Waals surface area (Å²) in [5.74, 6) is -0.706. The average Bonchev–Trinajstić information content (AvgIpc) is 2.80. The van der Waals surface area contributed by atoms with Gasteiger partial charge in [-0.15, -0.1) is 0 Å². The van der Waals surface area contributed by atoms with Crippen molar-refractivity contribution in [1.29, 1.82) is 5.26 Å². The van der Waals surface area contributed by atoms with E-state index >= 15 is 0 Å². The molecule has 0 atom stereocenters. The number of benzene rings is 1. The molecule has 1 amide bonds. The fourth-order valence-corrected chi connectivity index (χ4v) is 2.02. The Hall–Kier alpha value is -2.10. The van der Waals surface area contributed by atoms with E-state index in [-0.39, 0.29) is 16.4 Å². The number of nitrogens with one attached hydrogen (secondary N) is 1. The molecule has 0 aliphatic carbocycles. The van der Waals surface area contributed by atoms with Crippen LogP contribution >= 0.6 is 22.9 Å². The number of carbonyl (C=O) groups is 1. The average molecular weight is 280 g/mol. The first-order valence-electron chi connectivity index (χ1n) is 4.76. The summed E-state index contributed by atoms with van der Waals surface area (Å²) in [5, 5.41) is 21.3. The fourth-order valence-electron chi connectivity index (χ4n) is 1.24. The number of halogens is 1. The molecular formula is C11H6ClN3O2S. The Bertz CT molecular complexity index is 648. The predicted octanol–water partition coefficient (Wildman–Crippen LogP) is 2.63. The van der Waals surface area contributed by atoms with E-state index in [1.54, 1.807) is 0 Å². The molecule has 0 radical (unpaired) electrons. The van der Waals surface area contributed by atoms with Gasteiger partial charge in [0.1, 0.15) is 16.7 Å². The van der Waals surface area contributed by atoms with Crippen molar-refractivity contribution in [2.45, 2.75) is 0 Å². The van der Waals surface area contributed by atoms with Gasteiger partial charge in [0.15, 0.2) is 5.13 Å². The second-order valence-corrected chi connectivity index (χ2v) is 4.72. The van der Waals surface area contributed by atoms with Gasteiger partial charge in [-0.25, -0.2) is 4.98 Å². The van der Waals surface area contributed by atoms with Crippen LogP contribution in [0.4, 0.5) is 5.13 Å². The van der Waals surface area contributed by atoms with E-state index in [0.29, 0.717) is 9.90 Å². The highest BCUT2D eigenvalue weighted by Crippen LogP contribution is 2.24. The lowest BCUT2D eigenvalue weighted by molar-refractivity contribution is 0.102. The van der Waals surface area contributed by atoms with Gasteiger partial charge in [-0.3, -0.25) is 10.1 Å². The number of thiazole rings is 1. The maximum atomic E-state index is 11.8. The van der Waals surface area contributed by atoms with Crippen LogP contribution in [0, 0.1) is 11.3 Å². The number of aromatic hydroxyl groups is 1. The van der Waals surface area contributed by atoms with Crippen LogP contribution in [0.15, 0.2) is 24.4 Å². The highest BCUT2D eigenvalue weighted by atomic mass is 35.5. The van der Waals surface area contributed by atoms with Crippen molar-refractivity contribution in [1.82, 2.24) is 4.98 Å². The number of hydrogen-bond donors (Lipinski definition) is 2. The number of nitrogens with zero attached hydrogens (tertiary/aromatic N) is 2. The number of amides is 1. The molecule has 5 nitrogen and oxygen atoms in total. The van der Waals surface area contributed by atoms with Crippen LogP contribution in [0.3, 0.4) is 0 Å². The number of anilines is 1. The summed E-state index contributed by atoms with van der Waals surface area (Å²) in [5.41, 5.74) is 0.0520. The van der Waals surface area contributed by atoms with Crippen LogP contribution in [0.5, 0.6) is 5.75 Å². The van der Waals surface area contributed by atoms with Crippen LogP contribution in [0.25, 0.3) is 0 Å². The summed E-state index contributed by atoms with van der Waals surface area (Å²) < 4.78 is 0. The molecule has 0 aliphatic heterocycles. The van der Waals surface area contributed by atoms with E-state index < -0.39 is 5.91 Å². The molecule has 2 aromatic rings. The fraction of sp³-hybridized carbons (Fsp3) is 0. The molecule has 7 heteroatoms. The van der Waals surface area contributed by atoms with Crippen molar-refractivity contribution in [3.63, 3.8) is 0 Å². The number of phenols is 1. The molecule has 0 aliphatic rings. The Morgan fingerprint density at radius 1 is 1.56 bits per heavy atom. The minimum Gasteiger partial charge on any atom is -0.507 e. The van der Waals surface area contributed by atoms with Gasteiger partial charge in [-0.05, 0) is 18.2 Å². The van der Waals surface area contributed by atoms with Gasteiger partial charge >= 0.3 is 0 Å². The maximum absolute atomic E-state index is 11.8. The lowest BCUT2D eigenvalue weighted by Gasteiger charge is -2.04. The summed E-state index contributed by atoms with van der Waals surface area (Å²) in [7, 11) is 0. The Balaban J connectivity index is 2.22. The van der Waals surface area contributed by atoms with E-state index in [0.717, 1.165) is 11.3 Å². The van der Waals surface area contributed by atoms with Crippen LogP contribution < -0.4 is 5.32 Å². The molecule has 1 aromatic carbocycles. The predicted molar refractivity (Wildman–Crippen MR) is 67.9 cm³/mol. The highest BCUT2D eigenvalue weighted by Gasteiger charge is 2.13. The number of carbonyl (C=O) groups excluding carboxylic acids is 1.